The van der Waals surface area contributed by atoms with Crippen molar-refractivity contribution in [1.29, 1.82) is 0 Å². The maximum atomic E-state index is 12.1. The molecule has 5 N–H and O–H groups in total. The van der Waals surface area contributed by atoms with Gasteiger partial charge in [-0.2, -0.15) is 0 Å². The van der Waals surface area contributed by atoms with Crippen molar-refractivity contribution < 1.29 is 34.7 Å². The lowest BCUT2D eigenvalue weighted by Crippen LogP contribution is -2.63. The van der Waals surface area contributed by atoms with Crippen LogP contribution in [0.2, 0.25) is 0 Å². The van der Waals surface area contributed by atoms with Gasteiger partial charge in [-0.05, 0) is 32.1 Å². The summed E-state index contributed by atoms with van der Waals surface area (Å²) in [5.41, 5.74) is -0.450. The molecule has 7 unspecified atom stereocenters. The van der Waals surface area contributed by atoms with Gasteiger partial charge in [-0.25, -0.2) is 0 Å². The molecule has 170 valence electrons. The van der Waals surface area contributed by atoms with E-state index in [9.17, 15) is 25.2 Å². The highest BCUT2D eigenvalue weighted by molar-refractivity contribution is 5.78. The van der Waals surface area contributed by atoms with Crippen LogP contribution in [0.25, 0.3) is 0 Å². The van der Waals surface area contributed by atoms with Gasteiger partial charge in [0.25, 0.3) is 0 Å². The second kappa shape index (κ2) is 8.77. The van der Waals surface area contributed by atoms with Crippen LogP contribution in [0.4, 0.5) is 0 Å². The molecule has 2 aliphatic rings. The zero-order valence-corrected chi connectivity index (χ0v) is 18.5. The fourth-order valence-corrected chi connectivity index (χ4v) is 4.67. The van der Waals surface area contributed by atoms with Gasteiger partial charge < -0.3 is 35.2 Å². The Bertz CT molecular complexity index is 583. The first-order chi connectivity index (χ1) is 13.3. The number of ether oxygens (including phenoxy) is 2. The minimum Gasteiger partial charge on any atom is -0.396 e. The molecule has 0 aromatic carbocycles. The van der Waals surface area contributed by atoms with Crippen molar-refractivity contribution in [3.63, 3.8) is 0 Å². The van der Waals surface area contributed by atoms with E-state index in [4.69, 9.17) is 9.47 Å². The van der Waals surface area contributed by atoms with Crippen LogP contribution >= 0.6 is 0 Å². The number of hydrogen-bond acceptors (Lipinski definition) is 7. The number of aliphatic hydroxyl groups is 4. The zero-order chi connectivity index (χ0) is 22.2. The summed E-state index contributed by atoms with van der Waals surface area (Å²) < 4.78 is 11.2. The van der Waals surface area contributed by atoms with Gasteiger partial charge in [-0.15, -0.1) is 0 Å². The lowest BCUT2D eigenvalue weighted by atomic mass is 9.74. The number of rotatable bonds is 10. The molecule has 29 heavy (non-hydrogen) atoms. The average molecular weight is 418 g/mol. The van der Waals surface area contributed by atoms with E-state index < -0.39 is 42.7 Å². The van der Waals surface area contributed by atoms with Gasteiger partial charge in [-0.3, -0.25) is 4.79 Å². The lowest BCUT2D eigenvalue weighted by Gasteiger charge is -2.49. The molecule has 0 bridgehead atoms. The Kier molecular flexibility index (Phi) is 7.41. The molecule has 8 heteroatoms. The topological polar surface area (TPSA) is 128 Å². The molecule has 0 aromatic heterocycles. The highest BCUT2D eigenvalue weighted by atomic mass is 16.8. The molecule has 1 aliphatic carbocycles. The molecule has 7 atom stereocenters. The second-order valence-corrected chi connectivity index (χ2v) is 10.0. The van der Waals surface area contributed by atoms with Crippen molar-refractivity contribution in [2.45, 2.75) is 90.6 Å². The Labute approximate surface area is 173 Å². The van der Waals surface area contributed by atoms with Crippen molar-refractivity contribution in [1.82, 2.24) is 5.32 Å². The van der Waals surface area contributed by atoms with Crippen molar-refractivity contribution in [2.24, 2.45) is 23.2 Å². The summed E-state index contributed by atoms with van der Waals surface area (Å²) in [4.78, 5) is 12.1. The molecule has 1 saturated carbocycles. The predicted octanol–water partition coefficient (Wildman–Crippen LogP) is 0.755. The van der Waals surface area contributed by atoms with Gasteiger partial charge in [0.15, 0.2) is 12.1 Å². The number of carbonyl (C=O) groups is 1. The van der Waals surface area contributed by atoms with Crippen LogP contribution < -0.4 is 5.32 Å². The number of carbonyl (C=O) groups excluding carboxylic acids is 1. The first kappa shape index (κ1) is 24.5. The van der Waals surface area contributed by atoms with Crippen LogP contribution in [-0.2, 0) is 14.3 Å². The van der Waals surface area contributed by atoms with Crippen molar-refractivity contribution in [2.75, 3.05) is 13.2 Å². The molecule has 1 amide bonds. The third-order valence-corrected chi connectivity index (χ3v) is 6.63. The summed E-state index contributed by atoms with van der Waals surface area (Å²) in [6.45, 7) is 11.9. The van der Waals surface area contributed by atoms with Gasteiger partial charge in [0.2, 0.25) is 5.91 Å². The monoisotopic (exact) mass is 417 g/mol. The van der Waals surface area contributed by atoms with Crippen molar-refractivity contribution in [3.8, 4) is 0 Å². The van der Waals surface area contributed by atoms with Crippen molar-refractivity contribution >= 4 is 5.91 Å². The fourth-order valence-electron chi connectivity index (χ4n) is 4.67. The number of hydrogen-bond donors (Lipinski definition) is 5. The standard InChI is InChI=1S/C21H39NO7/c1-7-20(6,11-19(4,5)22-17(26)12(2)3)8-9-28-18-14-16(25)15(24)13(10-23)21(14,27)29-18/h12-16,18,23-25,27H,7-11H2,1-6H3,(H,22,26). The van der Waals surface area contributed by atoms with Gasteiger partial charge in [0, 0.05) is 11.5 Å². The van der Waals surface area contributed by atoms with Crippen molar-refractivity contribution in [3.05, 3.63) is 0 Å². The summed E-state index contributed by atoms with van der Waals surface area (Å²) in [6, 6.07) is 0. The van der Waals surface area contributed by atoms with E-state index in [2.05, 4.69) is 19.2 Å². The van der Waals surface area contributed by atoms with E-state index in [1.807, 2.05) is 27.7 Å². The first-order valence-electron chi connectivity index (χ1n) is 10.6. The second-order valence-electron chi connectivity index (χ2n) is 10.0. The van der Waals surface area contributed by atoms with E-state index in [0.29, 0.717) is 13.0 Å². The summed E-state index contributed by atoms with van der Waals surface area (Å²) >= 11 is 0. The van der Waals surface area contributed by atoms with Crippen LogP contribution in [0.5, 0.6) is 0 Å². The van der Waals surface area contributed by atoms with E-state index in [0.717, 1.165) is 12.8 Å². The minimum atomic E-state index is -1.75. The predicted molar refractivity (Wildman–Crippen MR) is 107 cm³/mol. The van der Waals surface area contributed by atoms with Crippen LogP contribution in [-0.4, -0.2) is 69.4 Å². The van der Waals surface area contributed by atoms with Gasteiger partial charge >= 0.3 is 0 Å². The highest BCUT2D eigenvalue weighted by Gasteiger charge is 2.71. The molecule has 0 radical (unpaired) electrons. The Hall–Kier alpha value is -0.770. The molecule has 2 fully saturated rings. The average Bonchev–Trinajstić information content (AvgIpc) is 2.73. The minimum absolute atomic E-state index is 0.0269. The highest BCUT2D eigenvalue weighted by Crippen LogP contribution is 2.53. The number of amides is 1. The van der Waals surface area contributed by atoms with Crippen LogP contribution in [0.3, 0.4) is 0 Å². The van der Waals surface area contributed by atoms with Crippen LogP contribution in [0, 0.1) is 23.2 Å². The lowest BCUT2D eigenvalue weighted by molar-refractivity contribution is -0.439. The van der Waals surface area contributed by atoms with E-state index in [1.165, 1.54) is 0 Å². The van der Waals surface area contributed by atoms with Gasteiger partial charge in [0.1, 0.15) is 0 Å². The third kappa shape index (κ3) is 4.94. The molecule has 0 spiro atoms. The number of aliphatic hydroxyl groups excluding tert-OH is 3. The van der Waals surface area contributed by atoms with E-state index >= 15 is 0 Å². The largest absolute Gasteiger partial charge is 0.396 e. The Morgan fingerprint density at radius 2 is 1.86 bits per heavy atom. The number of nitrogens with one attached hydrogen (secondary N) is 1. The Balaban J connectivity index is 1.89. The maximum absolute atomic E-state index is 12.1. The van der Waals surface area contributed by atoms with Crippen LogP contribution in [0.1, 0.15) is 60.8 Å². The van der Waals surface area contributed by atoms with Gasteiger partial charge in [0.05, 0.1) is 37.3 Å². The molecule has 1 aliphatic heterocycles. The third-order valence-electron chi connectivity index (χ3n) is 6.63. The van der Waals surface area contributed by atoms with E-state index in [-0.39, 0.29) is 22.8 Å². The smallest absolute Gasteiger partial charge is 0.222 e. The molecule has 1 heterocycles. The SMILES string of the molecule is CCC(C)(CCOC1OC2(O)C(CO)C(O)C(O)C12)CC(C)(C)NC(=O)C(C)C. The molecular formula is C21H39NO7. The summed E-state index contributed by atoms with van der Waals surface area (Å²) in [5.74, 6) is -3.54. The Morgan fingerprint density at radius 1 is 1.24 bits per heavy atom. The van der Waals surface area contributed by atoms with E-state index in [1.54, 1.807) is 0 Å². The molecule has 8 nitrogen and oxygen atoms in total. The summed E-state index contributed by atoms with van der Waals surface area (Å²) in [6.07, 6.45) is -0.920. The maximum Gasteiger partial charge on any atom is 0.222 e. The first-order valence-corrected chi connectivity index (χ1v) is 10.6. The zero-order valence-electron chi connectivity index (χ0n) is 18.5. The van der Waals surface area contributed by atoms with Crippen LogP contribution in [0.15, 0.2) is 0 Å². The molecular weight excluding hydrogens is 378 g/mol. The fraction of sp³-hybridized carbons (Fsp3) is 0.952. The number of fused-ring (bicyclic) bond motifs is 1. The summed E-state index contributed by atoms with van der Waals surface area (Å²) in [7, 11) is 0. The Morgan fingerprint density at radius 3 is 2.38 bits per heavy atom. The summed E-state index contributed by atoms with van der Waals surface area (Å²) in [5, 5.41) is 43.2. The molecule has 1 saturated heterocycles. The molecule has 2 rings (SSSR count). The molecule has 0 aromatic rings. The quantitative estimate of drug-likeness (QED) is 0.355. The van der Waals surface area contributed by atoms with Gasteiger partial charge in [-0.1, -0.05) is 34.1 Å². The normalized spacial score (nSPS) is 36.4.